The molecule has 0 saturated heterocycles. The van der Waals surface area contributed by atoms with Gasteiger partial charge >= 0.3 is 19.8 Å². The van der Waals surface area contributed by atoms with Crippen LogP contribution in [0.5, 0.6) is 0 Å². The van der Waals surface area contributed by atoms with Gasteiger partial charge in [0, 0.05) is 12.8 Å². The zero-order valence-corrected chi connectivity index (χ0v) is 24.3. The molecule has 0 spiro atoms. The highest BCUT2D eigenvalue weighted by Gasteiger charge is 2.27. The van der Waals surface area contributed by atoms with Gasteiger partial charge in [-0.25, -0.2) is 4.57 Å². The number of unbranched alkanes of at least 4 members (excludes halogenated alkanes) is 11. The van der Waals surface area contributed by atoms with Crippen LogP contribution in [0.1, 0.15) is 110 Å². The van der Waals surface area contributed by atoms with E-state index in [0.29, 0.717) is 6.42 Å². The molecule has 11 heteroatoms. The van der Waals surface area contributed by atoms with Crippen molar-refractivity contribution in [1.82, 2.24) is 0 Å². The largest absolute Gasteiger partial charge is 0.472 e. The van der Waals surface area contributed by atoms with Crippen molar-refractivity contribution in [2.24, 2.45) is 0 Å². The third-order valence-corrected chi connectivity index (χ3v) is 6.67. The molecule has 224 valence electrons. The van der Waals surface area contributed by atoms with Crippen molar-refractivity contribution in [2.75, 3.05) is 26.4 Å². The summed E-state index contributed by atoms with van der Waals surface area (Å²) in [6.07, 6.45) is 17.3. The number of ether oxygens (including phenoxy) is 2. The predicted molar refractivity (Wildman–Crippen MR) is 145 cm³/mol. The summed E-state index contributed by atoms with van der Waals surface area (Å²) >= 11 is 0. The second kappa shape index (κ2) is 24.7. The summed E-state index contributed by atoms with van der Waals surface area (Å²) in [4.78, 5) is 33.4. The van der Waals surface area contributed by atoms with Gasteiger partial charge in [0.05, 0.1) is 19.8 Å². The first-order valence-electron chi connectivity index (χ1n) is 14.1. The van der Waals surface area contributed by atoms with Crippen LogP contribution in [-0.4, -0.2) is 65.7 Å². The van der Waals surface area contributed by atoms with Gasteiger partial charge in [-0.15, -0.1) is 0 Å². The zero-order valence-electron chi connectivity index (χ0n) is 23.4. The summed E-state index contributed by atoms with van der Waals surface area (Å²) in [6, 6.07) is 0. The number of carbonyl (C=O) groups is 2. The Morgan fingerprint density at radius 2 is 1.34 bits per heavy atom. The van der Waals surface area contributed by atoms with Gasteiger partial charge in [-0.3, -0.25) is 18.6 Å². The second-order valence-corrected chi connectivity index (χ2v) is 10.8. The molecule has 0 radical (unpaired) electrons. The van der Waals surface area contributed by atoms with Crippen LogP contribution in [0, 0.1) is 0 Å². The van der Waals surface area contributed by atoms with Crippen LogP contribution in [-0.2, 0) is 32.7 Å². The van der Waals surface area contributed by atoms with Crippen LogP contribution >= 0.6 is 7.82 Å². The molecule has 0 heterocycles. The number of phosphoric ester groups is 1. The molecule has 3 atom stereocenters. The van der Waals surface area contributed by atoms with Gasteiger partial charge < -0.3 is 24.6 Å². The Labute approximate surface area is 228 Å². The molecule has 0 aliphatic rings. The normalized spacial score (nSPS) is 14.8. The van der Waals surface area contributed by atoms with Crippen LogP contribution in [0.15, 0.2) is 12.2 Å². The molecule has 0 rings (SSSR count). The second-order valence-electron chi connectivity index (χ2n) is 9.38. The highest BCUT2D eigenvalue weighted by Crippen LogP contribution is 2.43. The van der Waals surface area contributed by atoms with Crippen molar-refractivity contribution < 1.29 is 47.8 Å². The summed E-state index contributed by atoms with van der Waals surface area (Å²) in [5, 5.41) is 18.0. The first-order valence-corrected chi connectivity index (χ1v) is 15.6. The fourth-order valence-corrected chi connectivity index (χ4v) is 4.23. The summed E-state index contributed by atoms with van der Waals surface area (Å²) in [7, 11) is -4.57. The fourth-order valence-electron chi connectivity index (χ4n) is 3.44. The molecular formula is C27H51O10P. The van der Waals surface area contributed by atoms with Gasteiger partial charge in [-0.05, 0) is 32.1 Å². The number of allylic oxidation sites excluding steroid dienone is 2. The number of aliphatic hydroxyl groups is 2. The highest BCUT2D eigenvalue weighted by molar-refractivity contribution is 7.47. The minimum Gasteiger partial charge on any atom is -0.462 e. The maximum atomic E-state index is 12.2. The van der Waals surface area contributed by atoms with E-state index in [4.69, 9.17) is 19.1 Å². The first kappa shape index (κ1) is 36.7. The first-order chi connectivity index (χ1) is 18.2. The molecule has 0 aliphatic heterocycles. The summed E-state index contributed by atoms with van der Waals surface area (Å²) in [5.74, 6) is -1.03. The van der Waals surface area contributed by atoms with Gasteiger partial charge in [-0.2, -0.15) is 0 Å². The Morgan fingerprint density at radius 1 is 0.789 bits per heavy atom. The molecule has 3 N–H and O–H groups in total. The lowest BCUT2D eigenvalue weighted by Crippen LogP contribution is -2.29. The van der Waals surface area contributed by atoms with E-state index in [1.807, 2.05) is 0 Å². The smallest absolute Gasteiger partial charge is 0.462 e. The standard InChI is InChI=1S/C27H51O10P/c1-3-5-6-7-8-9-10-11-12-13-14-15-16-17-18-19-27(31)37-25(22-34-26(30)4-2)23-36-38(32,33)35-21-24(29)20-28/h9-10,24-25,28-29H,3-8,11-23H2,1-2H3,(H,32,33)/b10-9+/t24-,25+/m0/s1. The average molecular weight is 567 g/mol. The van der Waals surface area contributed by atoms with Crippen molar-refractivity contribution in [3.63, 3.8) is 0 Å². The predicted octanol–water partition coefficient (Wildman–Crippen LogP) is 5.38. The number of aliphatic hydroxyl groups excluding tert-OH is 2. The number of carbonyl (C=O) groups excluding carboxylic acids is 2. The Hall–Kier alpha value is -1.29. The molecule has 0 aliphatic carbocycles. The molecule has 0 aromatic heterocycles. The van der Waals surface area contributed by atoms with Crippen molar-refractivity contribution >= 4 is 19.8 Å². The Kier molecular flexibility index (Phi) is 23.9. The van der Waals surface area contributed by atoms with E-state index < -0.39 is 51.8 Å². The minimum atomic E-state index is -4.57. The number of esters is 2. The fraction of sp³-hybridized carbons (Fsp3) is 0.852. The topological polar surface area (TPSA) is 149 Å². The number of hydrogen-bond acceptors (Lipinski definition) is 9. The lowest BCUT2D eigenvalue weighted by atomic mass is 10.1. The van der Waals surface area contributed by atoms with Crippen molar-refractivity contribution in [3.8, 4) is 0 Å². The monoisotopic (exact) mass is 566 g/mol. The SMILES string of the molecule is CCCCCC/C=C/CCCCCCCCCC(=O)O[C@H](COC(=O)CC)COP(=O)(O)OC[C@@H](O)CO. The van der Waals surface area contributed by atoms with E-state index in [2.05, 4.69) is 23.6 Å². The Bertz CT molecular complexity index is 670. The maximum absolute atomic E-state index is 12.2. The Morgan fingerprint density at radius 3 is 1.92 bits per heavy atom. The van der Waals surface area contributed by atoms with Gasteiger partial charge in [0.25, 0.3) is 0 Å². The van der Waals surface area contributed by atoms with Gasteiger partial charge in [-0.1, -0.05) is 77.4 Å². The summed E-state index contributed by atoms with van der Waals surface area (Å²) in [6.45, 7) is 1.70. The third-order valence-electron chi connectivity index (χ3n) is 5.72. The molecule has 1 unspecified atom stereocenters. The van der Waals surface area contributed by atoms with Crippen LogP contribution in [0.4, 0.5) is 0 Å². The van der Waals surface area contributed by atoms with E-state index in [0.717, 1.165) is 25.7 Å². The number of phosphoric acid groups is 1. The van der Waals surface area contributed by atoms with Crippen molar-refractivity contribution in [3.05, 3.63) is 12.2 Å². The molecule has 0 aromatic rings. The van der Waals surface area contributed by atoms with Crippen LogP contribution in [0.3, 0.4) is 0 Å². The zero-order chi connectivity index (χ0) is 28.5. The van der Waals surface area contributed by atoms with E-state index >= 15 is 0 Å². The lowest BCUT2D eigenvalue weighted by molar-refractivity contribution is -0.161. The van der Waals surface area contributed by atoms with Gasteiger partial charge in [0.2, 0.25) is 0 Å². The van der Waals surface area contributed by atoms with Crippen LogP contribution in [0.2, 0.25) is 0 Å². The maximum Gasteiger partial charge on any atom is 0.472 e. The Balaban J connectivity index is 4.09. The minimum absolute atomic E-state index is 0.123. The number of hydrogen-bond donors (Lipinski definition) is 3. The quantitative estimate of drug-likeness (QED) is 0.0539. The molecule has 0 fully saturated rings. The van der Waals surface area contributed by atoms with Crippen LogP contribution in [0.25, 0.3) is 0 Å². The van der Waals surface area contributed by atoms with Crippen molar-refractivity contribution in [1.29, 1.82) is 0 Å². The third kappa shape index (κ3) is 23.8. The van der Waals surface area contributed by atoms with Crippen LogP contribution < -0.4 is 0 Å². The average Bonchev–Trinajstić information content (AvgIpc) is 2.90. The lowest BCUT2D eigenvalue weighted by Gasteiger charge is -2.20. The van der Waals surface area contributed by atoms with Crippen molar-refractivity contribution in [2.45, 2.75) is 122 Å². The summed E-state index contributed by atoms with van der Waals surface area (Å²) in [5.41, 5.74) is 0. The highest BCUT2D eigenvalue weighted by atomic mass is 31.2. The van der Waals surface area contributed by atoms with E-state index in [-0.39, 0.29) is 19.4 Å². The van der Waals surface area contributed by atoms with Gasteiger partial charge in [0.15, 0.2) is 6.10 Å². The number of rotatable bonds is 26. The summed E-state index contributed by atoms with van der Waals surface area (Å²) < 4.78 is 31.6. The molecule has 0 saturated carbocycles. The molecule has 0 amide bonds. The van der Waals surface area contributed by atoms with E-state index in [1.54, 1.807) is 6.92 Å². The molecule has 38 heavy (non-hydrogen) atoms. The van der Waals surface area contributed by atoms with E-state index in [1.165, 1.54) is 51.4 Å². The molecule has 0 aromatic carbocycles. The van der Waals surface area contributed by atoms with E-state index in [9.17, 15) is 24.2 Å². The molecular weight excluding hydrogens is 515 g/mol. The molecule has 0 bridgehead atoms. The molecule has 10 nitrogen and oxygen atoms in total. The van der Waals surface area contributed by atoms with Gasteiger partial charge in [0.1, 0.15) is 12.7 Å².